The van der Waals surface area contributed by atoms with Crippen LogP contribution in [0.15, 0.2) is 0 Å². The number of hydrogen-bond donors (Lipinski definition) is 4. The molecule has 4 heteroatoms. The highest BCUT2D eigenvalue weighted by Gasteiger charge is 2.09. The number of aliphatic hydroxyl groups excluding tert-OH is 3. The van der Waals surface area contributed by atoms with Gasteiger partial charge in [-0.25, -0.2) is 0 Å². The molecule has 0 radical (unpaired) electrons. The van der Waals surface area contributed by atoms with Gasteiger partial charge < -0.3 is 20.4 Å². The summed E-state index contributed by atoms with van der Waals surface area (Å²) in [5.74, 6) is 0. The largest absolute Gasteiger partial charge is 0.396 e. The van der Waals surface area contributed by atoms with Crippen LogP contribution in [0.1, 0.15) is 33.1 Å². The van der Waals surface area contributed by atoms with E-state index in [1.54, 1.807) is 13.8 Å². The van der Waals surface area contributed by atoms with Gasteiger partial charge in [0.15, 0.2) is 0 Å². The maximum atomic E-state index is 8.86. The topological polar surface area (TPSA) is 80.9 Å². The first-order valence-corrected chi connectivity index (χ1v) is 4.53. The molecular formula is C9H22O4. The molecule has 0 aromatic carbocycles. The maximum Gasteiger partial charge on any atom is 0.0613 e. The Hall–Kier alpha value is -0.160. The van der Waals surface area contributed by atoms with Crippen LogP contribution in [-0.2, 0) is 0 Å². The number of hydrogen-bond acceptors (Lipinski definition) is 4. The Morgan fingerprint density at radius 3 is 1.31 bits per heavy atom. The van der Waals surface area contributed by atoms with Crippen LogP contribution in [0, 0.1) is 0 Å². The van der Waals surface area contributed by atoms with Crippen LogP contribution in [0.4, 0.5) is 0 Å². The number of aliphatic hydroxyl groups is 4. The maximum absolute atomic E-state index is 8.86. The van der Waals surface area contributed by atoms with E-state index in [0.29, 0.717) is 6.42 Å². The van der Waals surface area contributed by atoms with Gasteiger partial charge in [-0.2, -0.15) is 0 Å². The van der Waals surface area contributed by atoms with E-state index in [9.17, 15) is 0 Å². The van der Waals surface area contributed by atoms with Gasteiger partial charge in [-0.05, 0) is 33.1 Å². The van der Waals surface area contributed by atoms with Gasteiger partial charge >= 0.3 is 0 Å². The molecule has 0 aliphatic carbocycles. The average Bonchev–Trinajstić information content (AvgIpc) is 1.99. The van der Waals surface area contributed by atoms with E-state index in [1.807, 2.05) is 0 Å². The van der Waals surface area contributed by atoms with Crippen LogP contribution in [0.5, 0.6) is 0 Å². The molecule has 0 rings (SSSR count). The Bertz CT molecular complexity index is 84.1. The quantitative estimate of drug-likeness (QED) is 0.460. The third-order valence-electron chi connectivity index (χ3n) is 1.29. The summed E-state index contributed by atoms with van der Waals surface area (Å²) in [5.41, 5.74) is -0.700. The molecule has 0 heterocycles. The Labute approximate surface area is 79.8 Å². The van der Waals surface area contributed by atoms with Gasteiger partial charge in [0, 0.05) is 19.8 Å². The Morgan fingerprint density at radius 1 is 0.846 bits per heavy atom. The second-order valence-electron chi connectivity index (χ2n) is 3.44. The normalized spacial score (nSPS) is 10.6. The molecule has 0 saturated carbocycles. The van der Waals surface area contributed by atoms with Crippen molar-refractivity contribution in [2.24, 2.45) is 0 Å². The molecule has 0 atom stereocenters. The molecule has 0 aliphatic rings. The first-order chi connectivity index (χ1) is 5.97. The lowest BCUT2D eigenvalue weighted by molar-refractivity contribution is 0.0515. The van der Waals surface area contributed by atoms with Crippen molar-refractivity contribution in [3.05, 3.63) is 0 Å². The average molecular weight is 194 g/mol. The predicted octanol–water partition coefficient (Wildman–Crippen LogP) is -0.109. The van der Waals surface area contributed by atoms with E-state index in [-0.39, 0.29) is 19.8 Å². The highest BCUT2D eigenvalue weighted by atomic mass is 16.3. The highest BCUT2D eigenvalue weighted by Crippen LogP contribution is 2.04. The van der Waals surface area contributed by atoms with Crippen LogP contribution in [0.2, 0.25) is 0 Å². The smallest absolute Gasteiger partial charge is 0.0613 e. The fourth-order valence-corrected chi connectivity index (χ4v) is 0.497. The van der Waals surface area contributed by atoms with Gasteiger partial charge in [0.2, 0.25) is 0 Å². The molecule has 0 saturated heterocycles. The standard InChI is InChI=1S/C5H12O2.C4H10O2/c1-5(2,7)3-4-6;5-3-1-2-4-6/h6-7H,3-4H2,1-2H3;5-6H,1-4H2. The van der Waals surface area contributed by atoms with E-state index in [4.69, 9.17) is 20.4 Å². The Morgan fingerprint density at radius 2 is 1.23 bits per heavy atom. The van der Waals surface area contributed by atoms with Gasteiger partial charge in [0.05, 0.1) is 5.60 Å². The number of rotatable bonds is 5. The van der Waals surface area contributed by atoms with E-state index < -0.39 is 5.60 Å². The first kappa shape index (κ1) is 15.3. The van der Waals surface area contributed by atoms with E-state index in [1.165, 1.54) is 0 Å². The molecule has 0 amide bonds. The van der Waals surface area contributed by atoms with Gasteiger partial charge in [-0.15, -0.1) is 0 Å². The van der Waals surface area contributed by atoms with Crippen molar-refractivity contribution in [3.63, 3.8) is 0 Å². The summed E-state index contributed by atoms with van der Waals surface area (Å²) in [6, 6.07) is 0. The zero-order valence-corrected chi connectivity index (χ0v) is 8.53. The molecule has 4 nitrogen and oxygen atoms in total. The second-order valence-corrected chi connectivity index (χ2v) is 3.44. The van der Waals surface area contributed by atoms with Crippen LogP contribution in [-0.4, -0.2) is 45.8 Å². The van der Waals surface area contributed by atoms with Crippen molar-refractivity contribution >= 4 is 0 Å². The van der Waals surface area contributed by atoms with E-state index >= 15 is 0 Å². The summed E-state index contributed by atoms with van der Waals surface area (Å²) in [5, 5.41) is 33.3. The molecule has 0 spiro atoms. The molecule has 0 aromatic heterocycles. The monoisotopic (exact) mass is 194 g/mol. The predicted molar refractivity (Wildman–Crippen MR) is 51.4 cm³/mol. The third-order valence-corrected chi connectivity index (χ3v) is 1.29. The highest BCUT2D eigenvalue weighted by molar-refractivity contribution is 4.62. The van der Waals surface area contributed by atoms with Crippen molar-refractivity contribution in [2.75, 3.05) is 19.8 Å². The Kier molecular flexibility index (Phi) is 11.7. The second kappa shape index (κ2) is 9.92. The van der Waals surface area contributed by atoms with Crippen LogP contribution < -0.4 is 0 Å². The van der Waals surface area contributed by atoms with E-state index in [0.717, 1.165) is 12.8 Å². The minimum Gasteiger partial charge on any atom is -0.396 e. The van der Waals surface area contributed by atoms with Crippen LogP contribution in [0.3, 0.4) is 0 Å². The van der Waals surface area contributed by atoms with Gasteiger partial charge in [-0.3, -0.25) is 0 Å². The van der Waals surface area contributed by atoms with Crippen LogP contribution >= 0.6 is 0 Å². The fourth-order valence-electron chi connectivity index (χ4n) is 0.497. The summed E-state index contributed by atoms with van der Waals surface area (Å²) >= 11 is 0. The fraction of sp³-hybridized carbons (Fsp3) is 1.00. The zero-order valence-electron chi connectivity index (χ0n) is 8.53. The molecule has 13 heavy (non-hydrogen) atoms. The lowest BCUT2D eigenvalue weighted by atomic mass is 10.1. The molecule has 0 aromatic rings. The molecular weight excluding hydrogens is 172 g/mol. The zero-order chi connectivity index (χ0) is 10.7. The molecule has 82 valence electrons. The minimum atomic E-state index is -0.700. The summed E-state index contributed by atoms with van der Waals surface area (Å²) in [7, 11) is 0. The van der Waals surface area contributed by atoms with Gasteiger partial charge in [0.25, 0.3) is 0 Å². The van der Waals surface area contributed by atoms with Crippen molar-refractivity contribution in [1.82, 2.24) is 0 Å². The van der Waals surface area contributed by atoms with Crippen molar-refractivity contribution < 1.29 is 20.4 Å². The summed E-state index contributed by atoms with van der Waals surface area (Å²) < 4.78 is 0. The SMILES string of the molecule is CC(C)(O)CCO.OCCCCO. The minimum absolute atomic E-state index is 0.0590. The summed E-state index contributed by atoms with van der Waals surface area (Å²) in [6.07, 6.45) is 1.89. The van der Waals surface area contributed by atoms with E-state index in [2.05, 4.69) is 0 Å². The molecule has 0 fully saturated rings. The number of unbranched alkanes of at least 4 members (excludes halogenated alkanes) is 1. The molecule has 0 unspecified atom stereocenters. The lowest BCUT2D eigenvalue weighted by Gasteiger charge is -2.13. The third kappa shape index (κ3) is 24.5. The van der Waals surface area contributed by atoms with Crippen molar-refractivity contribution in [1.29, 1.82) is 0 Å². The molecule has 0 bridgehead atoms. The van der Waals surface area contributed by atoms with Crippen molar-refractivity contribution in [2.45, 2.75) is 38.7 Å². The van der Waals surface area contributed by atoms with Gasteiger partial charge in [0.1, 0.15) is 0 Å². The van der Waals surface area contributed by atoms with Gasteiger partial charge in [-0.1, -0.05) is 0 Å². The Balaban J connectivity index is 0. The summed E-state index contributed by atoms with van der Waals surface area (Å²) in [6.45, 7) is 3.79. The van der Waals surface area contributed by atoms with Crippen LogP contribution in [0.25, 0.3) is 0 Å². The molecule has 0 aliphatic heterocycles. The summed E-state index contributed by atoms with van der Waals surface area (Å²) in [4.78, 5) is 0. The van der Waals surface area contributed by atoms with Crippen molar-refractivity contribution in [3.8, 4) is 0 Å². The lowest BCUT2D eigenvalue weighted by Crippen LogP contribution is -2.19. The first-order valence-electron chi connectivity index (χ1n) is 4.53. The molecule has 4 N–H and O–H groups in total.